The summed E-state index contributed by atoms with van der Waals surface area (Å²) in [5.74, 6) is -1.08. The van der Waals surface area contributed by atoms with E-state index >= 15 is 0 Å². The van der Waals surface area contributed by atoms with Crippen molar-refractivity contribution < 1.29 is 9.59 Å². The number of hydrogen-bond donors (Lipinski definition) is 4. The van der Waals surface area contributed by atoms with E-state index in [1.165, 1.54) is 0 Å². The van der Waals surface area contributed by atoms with Crippen LogP contribution in [-0.2, 0) is 9.59 Å². The van der Waals surface area contributed by atoms with Gasteiger partial charge in [0.2, 0.25) is 5.91 Å². The maximum absolute atomic E-state index is 11.8. The fourth-order valence-corrected chi connectivity index (χ4v) is 1.91. The van der Waals surface area contributed by atoms with Crippen LogP contribution in [0.25, 0.3) is 0 Å². The summed E-state index contributed by atoms with van der Waals surface area (Å²) in [7, 11) is 0. The van der Waals surface area contributed by atoms with Crippen LogP contribution in [0.5, 0.6) is 0 Å². The van der Waals surface area contributed by atoms with Crippen LogP contribution in [0, 0.1) is 11.3 Å². The molecular weight excluding hydrogens is 220 g/mol. The summed E-state index contributed by atoms with van der Waals surface area (Å²) in [5.41, 5.74) is 10.1. The summed E-state index contributed by atoms with van der Waals surface area (Å²) < 4.78 is 0. The maximum Gasteiger partial charge on any atom is 0.266 e. The first-order chi connectivity index (χ1) is 8.06. The predicted octanol–water partition coefficient (Wildman–Crippen LogP) is -0.0119. The molecule has 1 aliphatic rings. The topological polar surface area (TPSA) is 122 Å². The van der Waals surface area contributed by atoms with Crippen LogP contribution >= 0.6 is 0 Å². The Morgan fingerprint density at radius 2 is 1.76 bits per heavy atom. The van der Waals surface area contributed by atoms with Crippen molar-refractivity contribution in [1.82, 2.24) is 5.32 Å². The molecule has 6 N–H and O–H groups in total. The van der Waals surface area contributed by atoms with Crippen LogP contribution in [0.2, 0.25) is 0 Å². The molecule has 0 saturated heterocycles. The first kappa shape index (κ1) is 13.2. The van der Waals surface area contributed by atoms with E-state index in [-0.39, 0.29) is 23.2 Å². The second kappa shape index (κ2) is 6.03. The van der Waals surface area contributed by atoms with Gasteiger partial charge >= 0.3 is 0 Å². The van der Waals surface area contributed by atoms with Crippen molar-refractivity contribution in [1.29, 1.82) is 5.41 Å². The number of carbonyl (C=O) groups is 2. The van der Waals surface area contributed by atoms with E-state index in [2.05, 4.69) is 5.32 Å². The van der Waals surface area contributed by atoms with Crippen LogP contribution in [-0.4, -0.2) is 18.0 Å². The normalized spacial score (nSPS) is 18.1. The number of rotatable bonds is 4. The third kappa shape index (κ3) is 3.58. The molecule has 0 spiro atoms. The number of nitrogens with one attached hydrogen (secondary N) is 2. The second-order valence-corrected chi connectivity index (χ2v) is 4.16. The van der Waals surface area contributed by atoms with Crippen LogP contribution in [0.3, 0.4) is 0 Å². The molecule has 94 valence electrons. The molecule has 0 unspecified atom stereocenters. The molecule has 1 rings (SSSR count). The molecule has 1 saturated carbocycles. The van der Waals surface area contributed by atoms with Crippen molar-refractivity contribution in [2.75, 3.05) is 0 Å². The third-order valence-corrected chi connectivity index (χ3v) is 2.93. The van der Waals surface area contributed by atoms with Gasteiger partial charge in [-0.2, -0.15) is 0 Å². The lowest BCUT2D eigenvalue weighted by atomic mass is 9.88. The van der Waals surface area contributed by atoms with Gasteiger partial charge in [0, 0.05) is 12.1 Å². The highest BCUT2D eigenvalue weighted by Crippen LogP contribution is 2.23. The van der Waals surface area contributed by atoms with Crippen LogP contribution in [0.15, 0.2) is 11.4 Å². The summed E-state index contributed by atoms with van der Waals surface area (Å²) >= 11 is 0. The van der Waals surface area contributed by atoms with Gasteiger partial charge in [0.25, 0.3) is 5.91 Å². The van der Waals surface area contributed by atoms with Crippen LogP contribution in [0.1, 0.15) is 32.1 Å². The minimum atomic E-state index is -0.840. The maximum atomic E-state index is 11.8. The van der Waals surface area contributed by atoms with Gasteiger partial charge in [-0.05, 0) is 12.8 Å². The zero-order chi connectivity index (χ0) is 12.8. The monoisotopic (exact) mass is 238 g/mol. The molecule has 0 aromatic rings. The number of carbonyl (C=O) groups excluding carboxylic acids is 2. The largest absolute Gasteiger partial charge is 0.393 e. The van der Waals surface area contributed by atoms with E-state index in [1.54, 1.807) is 0 Å². The summed E-state index contributed by atoms with van der Waals surface area (Å²) in [6.45, 7) is 0. The van der Waals surface area contributed by atoms with Crippen molar-refractivity contribution >= 4 is 18.0 Å². The van der Waals surface area contributed by atoms with Gasteiger partial charge in [0.15, 0.2) is 0 Å². The summed E-state index contributed by atoms with van der Waals surface area (Å²) in [6, 6.07) is 0. The number of allylic oxidation sites excluding steroid dienone is 1. The lowest BCUT2D eigenvalue weighted by Crippen LogP contribution is -2.35. The quantitative estimate of drug-likeness (QED) is 0.407. The van der Waals surface area contributed by atoms with Gasteiger partial charge < -0.3 is 22.2 Å². The van der Waals surface area contributed by atoms with E-state index in [0.717, 1.165) is 38.3 Å². The summed E-state index contributed by atoms with van der Waals surface area (Å²) in [6.07, 6.45) is 5.74. The lowest BCUT2D eigenvalue weighted by Gasteiger charge is -2.21. The van der Waals surface area contributed by atoms with Gasteiger partial charge in [-0.15, -0.1) is 0 Å². The summed E-state index contributed by atoms with van der Waals surface area (Å²) in [4.78, 5) is 22.7. The molecule has 0 aromatic heterocycles. The molecule has 0 heterocycles. The van der Waals surface area contributed by atoms with Crippen molar-refractivity contribution in [2.24, 2.45) is 17.4 Å². The fourth-order valence-electron chi connectivity index (χ4n) is 1.91. The predicted molar refractivity (Wildman–Crippen MR) is 63.9 cm³/mol. The van der Waals surface area contributed by atoms with Gasteiger partial charge in [-0.25, -0.2) is 0 Å². The zero-order valence-electron chi connectivity index (χ0n) is 9.66. The fraction of sp³-hybridized carbons (Fsp3) is 0.545. The number of primary amides is 1. The highest BCUT2D eigenvalue weighted by atomic mass is 16.2. The minimum absolute atomic E-state index is 0.0203. The molecule has 6 nitrogen and oxygen atoms in total. The van der Waals surface area contributed by atoms with Crippen LogP contribution in [0.4, 0.5) is 0 Å². The Labute approximate surface area is 99.9 Å². The molecular formula is C11H18N4O2. The Hall–Kier alpha value is -1.85. The Balaban J connectivity index is 2.68. The molecule has 1 fully saturated rings. The summed E-state index contributed by atoms with van der Waals surface area (Å²) in [5, 5.41) is 9.59. The smallest absolute Gasteiger partial charge is 0.266 e. The molecule has 0 radical (unpaired) electrons. The molecule has 0 bridgehead atoms. The molecule has 0 aromatic carbocycles. The molecule has 17 heavy (non-hydrogen) atoms. The molecule has 0 aliphatic heterocycles. The number of hydrogen-bond acceptors (Lipinski definition) is 4. The Kier molecular flexibility index (Phi) is 4.68. The lowest BCUT2D eigenvalue weighted by molar-refractivity contribution is -0.125. The van der Waals surface area contributed by atoms with Crippen LogP contribution < -0.4 is 16.8 Å². The standard InChI is InChI=1S/C11H18N4O2/c12-6-8(9(13)10(14)16)15-11(17)7-4-2-1-3-5-7/h6-7,12H,1-5,13H2,(H2,14,16)(H,15,17)/b9-8+,12-6?. The SMILES string of the molecule is N=C/C(NC(=O)C1CCCCC1)=C(\N)C(N)=O. The molecule has 1 aliphatic carbocycles. The van der Waals surface area contributed by atoms with Gasteiger partial charge in [-0.3, -0.25) is 9.59 Å². The van der Waals surface area contributed by atoms with Crippen molar-refractivity contribution in [3.05, 3.63) is 11.4 Å². The molecule has 6 heteroatoms. The van der Waals surface area contributed by atoms with Crippen molar-refractivity contribution in [2.45, 2.75) is 32.1 Å². The van der Waals surface area contributed by atoms with Gasteiger partial charge in [0.1, 0.15) is 5.70 Å². The first-order valence-electron chi connectivity index (χ1n) is 5.67. The Morgan fingerprint density at radius 1 is 1.18 bits per heavy atom. The number of nitrogens with two attached hydrogens (primary N) is 2. The van der Waals surface area contributed by atoms with E-state index < -0.39 is 5.91 Å². The van der Waals surface area contributed by atoms with Crippen molar-refractivity contribution in [3.63, 3.8) is 0 Å². The Bertz CT molecular complexity index is 356. The van der Waals surface area contributed by atoms with E-state index in [9.17, 15) is 9.59 Å². The molecule has 0 atom stereocenters. The Morgan fingerprint density at radius 3 is 2.24 bits per heavy atom. The first-order valence-corrected chi connectivity index (χ1v) is 5.67. The average molecular weight is 238 g/mol. The zero-order valence-corrected chi connectivity index (χ0v) is 9.66. The average Bonchev–Trinajstić information content (AvgIpc) is 2.35. The van der Waals surface area contributed by atoms with Gasteiger partial charge in [0.05, 0.1) is 5.70 Å². The minimum Gasteiger partial charge on any atom is -0.393 e. The van der Waals surface area contributed by atoms with E-state index in [1.807, 2.05) is 0 Å². The van der Waals surface area contributed by atoms with Gasteiger partial charge in [-0.1, -0.05) is 19.3 Å². The number of amides is 2. The van der Waals surface area contributed by atoms with Crippen molar-refractivity contribution in [3.8, 4) is 0 Å². The highest BCUT2D eigenvalue weighted by Gasteiger charge is 2.22. The van der Waals surface area contributed by atoms with E-state index in [0.29, 0.717) is 0 Å². The highest BCUT2D eigenvalue weighted by molar-refractivity contribution is 5.99. The van der Waals surface area contributed by atoms with E-state index in [4.69, 9.17) is 16.9 Å². The third-order valence-electron chi connectivity index (χ3n) is 2.93. The second-order valence-electron chi connectivity index (χ2n) is 4.16. The molecule has 2 amide bonds.